The maximum absolute atomic E-state index is 13.0. The summed E-state index contributed by atoms with van der Waals surface area (Å²) in [7, 11) is 2.95. The van der Waals surface area contributed by atoms with Crippen molar-refractivity contribution in [2.45, 2.75) is 20.4 Å². The normalized spacial score (nSPS) is 11.6. The number of aryl methyl sites for hydroxylation is 1. The van der Waals surface area contributed by atoms with Crippen LogP contribution in [-0.2, 0) is 16.1 Å². The summed E-state index contributed by atoms with van der Waals surface area (Å²) < 4.78 is 18.2. The second-order valence-electron chi connectivity index (χ2n) is 6.25. The summed E-state index contributed by atoms with van der Waals surface area (Å²) in [6.45, 7) is 3.76. The van der Waals surface area contributed by atoms with Crippen LogP contribution in [0, 0.1) is 6.92 Å². The van der Waals surface area contributed by atoms with Crippen LogP contribution in [0.4, 0.5) is 0 Å². The van der Waals surface area contributed by atoms with E-state index in [0.717, 1.165) is 15.8 Å². The minimum Gasteiger partial charge on any atom is -0.493 e. The lowest BCUT2D eigenvalue weighted by Crippen LogP contribution is -2.23. The number of methoxy groups -OCH3 is 2. The number of carbonyl (C=O) groups excluding carboxylic acids is 2. The number of aromatic nitrogens is 1. The number of nitrogens with zero attached hydrogens (tertiary/aromatic N) is 2. The van der Waals surface area contributed by atoms with Gasteiger partial charge in [-0.3, -0.25) is 9.59 Å². The summed E-state index contributed by atoms with van der Waals surface area (Å²) in [6.07, 6.45) is 0. The van der Waals surface area contributed by atoms with E-state index in [1.54, 1.807) is 35.8 Å². The number of esters is 1. The molecule has 7 nitrogen and oxygen atoms in total. The maximum Gasteiger partial charge on any atom is 0.326 e. The Bertz CT molecular complexity index is 1180. The molecule has 30 heavy (non-hydrogen) atoms. The molecule has 0 fully saturated rings. The molecule has 0 aliphatic carbocycles. The van der Waals surface area contributed by atoms with Crippen molar-refractivity contribution >= 4 is 45.0 Å². The van der Waals surface area contributed by atoms with E-state index in [-0.39, 0.29) is 18.7 Å². The van der Waals surface area contributed by atoms with Crippen molar-refractivity contribution in [3.63, 3.8) is 0 Å². The van der Waals surface area contributed by atoms with Crippen LogP contribution in [0.2, 0.25) is 5.02 Å². The highest BCUT2D eigenvalue weighted by atomic mass is 35.5. The summed E-state index contributed by atoms with van der Waals surface area (Å²) in [5.74, 6) is -0.217. The molecule has 0 saturated carbocycles. The lowest BCUT2D eigenvalue weighted by atomic mass is 10.2. The first kappa shape index (κ1) is 21.9. The van der Waals surface area contributed by atoms with Crippen molar-refractivity contribution in [2.24, 2.45) is 4.99 Å². The fourth-order valence-corrected chi connectivity index (χ4v) is 4.33. The zero-order valence-electron chi connectivity index (χ0n) is 17.0. The molecule has 0 atom stereocenters. The number of rotatable bonds is 6. The van der Waals surface area contributed by atoms with E-state index in [0.29, 0.717) is 21.3 Å². The molecule has 0 N–H and O–H groups in total. The highest BCUT2D eigenvalue weighted by molar-refractivity contribution is 7.16. The van der Waals surface area contributed by atoms with Gasteiger partial charge < -0.3 is 18.8 Å². The largest absolute Gasteiger partial charge is 0.493 e. The molecule has 2 aromatic carbocycles. The van der Waals surface area contributed by atoms with E-state index in [1.807, 2.05) is 13.0 Å². The molecule has 0 radical (unpaired) electrons. The Morgan fingerprint density at radius 3 is 2.60 bits per heavy atom. The van der Waals surface area contributed by atoms with Gasteiger partial charge in [0.05, 0.1) is 36.6 Å². The molecule has 0 unspecified atom stereocenters. The summed E-state index contributed by atoms with van der Waals surface area (Å²) in [5.41, 5.74) is 1.79. The predicted molar refractivity (Wildman–Crippen MR) is 116 cm³/mol. The summed E-state index contributed by atoms with van der Waals surface area (Å²) in [6, 6.07) is 8.61. The zero-order valence-corrected chi connectivity index (χ0v) is 18.6. The highest BCUT2D eigenvalue weighted by Gasteiger charge is 2.19. The van der Waals surface area contributed by atoms with E-state index >= 15 is 0 Å². The van der Waals surface area contributed by atoms with E-state index in [9.17, 15) is 9.59 Å². The number of carbonyl (C=O) groups is 2. The van der Waals surface area contributed by atoms with Crippen molar-refractivity contribution in [3.8, 4) is 11.5 Å². The second-order valence-corrected chi connectivity index (χ2v) is 7.67. The number of amides is 1. The molecular formula is C21H21ClN2O5S. The van der Waals surface area contributed by atoms with E-state index in [1.165, 1.54) is 25.6 Å². The van der Waals surface area contributed by atoms with E-state index in [2.05, 4.69) is 4.99 Å². The van der Waals surface area contributed by atoms with Crippen LogP contribution in [0.15, 0.2) is 35.3 Å². The number of benzene rings is 2. The molecule has 3 aromatic rings. The molecule has 1 aromatic heterocycles. The zero-order chi connectivity index (χ0) is 21.8. The molecular weight excluding hydrogens is 428 g/mol. The fraction of sp³-hybridized carbons (Fsp3) is 0.286. The molecule has 1 heterocycles. The van der Waals surface area contributed by atoms with Gasteiger partial charge in [0.25, 0.3) is 5.91 Å². The Morgan fingerprint density at radius 1 is 1.17 bits per heavy atom. The number of thiazole rings is 1. The van der Waals surface area contributed by atoms with Gasteiger partial charge in [-0.15, -0.1) is 0 Å². The Hall–Kier alpha value is -2.84. The second kappa shape index (κ2) is 9.32. The predicted octanol–water partition coefficient (Wildman–Crippen LogP) is 3.99. The average Bonchev–Trinajstić information content (AvgIpc) is 3.07. The molecule has 3 rings (SSSR count). The van der Waals surface area contributed by atoms with Crippen LogP contribution in [-0.4, -0.2) is 37.3 Å². The first-order chi connectivity index (χ1) is 14.4. The third kappa shape index (κ3) is 4.20. The van der Waals surface area contributed by atoms with Crippen LogP contribution >= 0.6 is 22.9 Å². The monoisotopic (exact) mass is 448 g/mol. The van der Waals surface area contributed by atoms with Gasteiger partial charge in [0, 0.05) is 5.02 Å². The van der Waals surface area contributed by atoms with Gasteiger partial charge in [0.15, 0.2) is 16.3 Å². The smallest absolute Gasteiger partial charge is 0.326 e. The van der Waals surface area contributed by atoms with E-state index < -0.39 is 11.9 Å². The van der Waals surface area contributed by atoms with Crippen LogP contribution in [0.25, 0.3) is 10.2 Å². The minimum atomic E-state index is -0.515. The standard InChI is InChI=1S/C21H21ClN2O5S/c1-5-29-17(25)11-24-18-12(2)14(22)9-10-16(18)30-21(24)23-20(26)13-7-6-8-15(27-3)19(13)28-4/h6-10H,5,11H2,1-4H3. The molecule has 0 spiro atoms. The summed E-state index contributed by atoms with van der Waals surface area (Å²) in [4.78, 5) is 29.9. The van der Waals surface area contributed by atoms with Gasteiger partial charge in [0.1, 0.15) is 6.54 Å². The van der Waals surface area contributed by atoms with Crippen LogP contribution < -0.4 is 14.3 Å². The SMILES string of the molecule is CCOC(=O)Cn1c(=NC(=O)c2cccc(OC)c2OC)sc2ccc(Cl)c(C)c21. The van der Waals surface area contributed by atoms with Gasteiger partial charge in [-0.05, 0) is 43.7 Å². The number of fused-ring (bicyclic) bond motifs is 1. The molecule has 9 heteroatoms. The molecule has 0 aliphatic heterocycles. The first-order valence-electron chi connectivity index (χ1n) is 9.15. The van der Waals surface area contributed by atoms with Crippen molar-refractivity contribution in [1.82, 2.24) is 4.57 Å². The molecule has 0 aliphatic rings. The minimum absolute atomic E-state index is 0.0869. The molecule has 0 saturated heterocycles. The molecule has 1 amide bonds. The molecule has 0 bridgehead atoms. The van der Waals surface area contributed by atoms with Crippen molar-refractivity contribution in [3.05, 3.63) is 51.3 Å². The maximum atomic E-state index is 13.0. The lowest BCUT2D eigenvalue weighted by molar-refractivity contribution is -0.143. The van der Waals surface area contributed by atoms with Gasteiger partial charge in [-0.2, -0.15) is 4.99 Å². The number of hydrogen-bond donors (Lipinski definition) is 0. The Morgan fingerprint density at radius 2 is 1.93 bits per heavy atom. The van der Waals surface area contributed by atoms with Gasteiger partial charge in [-0.1, -0.05) is 29.0 Å². The highest BCUT2D eigenvalue weighted by Crippen LogP contribution is 2.31. The van der Waals surface area contributed by atoms with Gasteiger partial charge in [-0.25, -0.2) is 0 Å². The summed E-state index contributed by atoms with van der Waals surface area (Å²) >= 11 is 7.58. The van der Waals surface area contributed by atoms with Crippen molar-refractivity contribution < 1.29 is 23.8 Å². The first-order valence-corrected chi connectivity index (χ1v) is 10.3. The molecule has 158 valence electrons. The van der Waals surface area contributed by atoms with Crippen molar-refractivity contribution in [2.75, 3.05) is 20.8 Å². The van der Waals surface area contributed by atoms with Crippen LogP contribution in [0.1, 0.15) is 22.8 Å². The Labute approximate surface area is 182 Å². The average molecular weight is 449 g/mol. The fourth-order valence-electron chi connectivity index (χ4n) is 3.09. The summed E-state index contributed by atoms with van der Waals surface area (Å²) in [5, 5.41) is 0.560. The lowest BCUT2D eigenvalue weighted by Gasteiger charge is -2.10. The van der Waals surface area contributed by atoms with Crippen molar-refractivity contribution in [1.29, 1.82) is 0 Å². The topological polar surface area (TPSA) is 79.1 Å². The third-order valence-electron chi connectivity index (χ3n) is 4.45. The van der Waals surface area contributed by atoms with Crippen LogP contribution in [0.5, 0.6) is 11.5 Å². The van der Waals surface area contributed by atoms with E-state index in [4.69, 9.17) is 25.8 Å². The van der Waals surface area contributed by atoms with Crippen LogP contribution in [0.3, 0.4) is 0 Å². The third-order valence-corrected chi connectivity index (χ3v) is 5.91. The number of ether oxygens (including phenoxy) is 3. The Kier molecular flexibility index (Phi) is 6.79. The number of halogens is 1. The quantitative estimate of drug-likeness (QED) is 0.533. The Balaban J connectivity index is 2.20. The van der Waals surface area contributed by atoms with Gasteiger partial charge in [0.2, 0.25) is 0 Å². The number of para-hydroxylation sites is 1. The van der Waals surface area contributed by atoms with Gasteiger partial charge >= 0.3 is 5.97 Å². The number of hydrogen-bond acceptors (Lipinski definition) is 6.